The Morgan fingerprint density at radius 1 is 1.40 bits per heavy atom. The molecular formula is C16H23NO3. The first-order chi connectivity index (χ1) is 9.45. The van der Waals surface area contributed by atoms with Crippen LogP contribution in [-0.2, 0) is 9.53 Å². The number of aliphatic carboxylic acids is 1. The SMILES string of the molecule is Cc1cc(C)cc(C(C)N2CCOC(CC(=O)O)C2)c1. The van der Waals surface area contributed by atoms with Gasteiger partial charge in [-0.05, 0) is 26.3 Å². The topological polar surface area (TPSA) is 49.8 Å². The zero-order valence-electron chi connectivity index (χ0n) is 12.4. The van der Waals surface area contributed by atoms with Crippen LogP contribution in [-0.4, -0.2) is 41.8 Å². The first-order valence-corrected chi connectivity index (χ1v) is 7.11. The van der Waals surface area contributed by atoms with E-state index in [0.717, 1.165) is 6.54 Å². The van der Waals surface area contributed by atoms with Crippen molar-refractivity contribution in [3.8, 4) is 0 Å². The Labute approximate surface area is 120 Å². The van der Waals surface area contributed by atoms with E-state index in [4.69, 9.17) is 9.84 Å². The second kappa shape index (κ2) is 6.37. The van der Waals surface area contributed by atoms with Crippen LogP contribution in [0.15, 0.2) is 18.2 Å². The predicted octanol–water partition coefficient (Wildman–Crippen LogP) is 2.54. The molecule has 0 spiro atoms. The molecule has 1 saturated heterocycles. The summed E-state index contributed by atoms with van der Waals surface area (Å²) in [7, 11) is 0. The number of nitrogens with zero attached hydrogens (tertiary/aromatic N) is 1. The minimum atomic E-state index is -0.795. The van der Waals surface area contributed by atoms with Crippen LogP contribution < -0.4 is 0 Å². The molecule has 4 heteroatoms. The number of carboxylic acids is 1. The number of morpholine rings is 1. The molecule has 1 aromatic rings. The van der Waals surface area contributed by atoms with E-state index in [1.807, 2.05) is 0 Å². The predicted molar refractivity (Wildman–Crippen MR) is 77.9 cm³/mol. The summed E-state index contributed by atoms with van der Waals surface area (Å²) < 4.78 is 5.53. The Bertz CT molecular complexity index is 466. The highest BCUT2D eigenvalue weighted by molar-refractivity contribution is 5.67. The highest BCUT2D eigenvalue weighted by Gasteiger charge is 2.26. The maximum absolute atomic E-state index is 10.8. The summed E-state index contributed by atoms with van der Waals surface area (Å²) >= 11 is 0. The lowest BCUT2D eigenvalue weighted by atomic mass is 10.0. The lowest BCUT2D eigenvalue weighted by Crippen LogP contribution is -2.44. The fourth-order valence-electron chi connectivity index (χ4n) is 2.87. The van der Waals surface area contributed by atoms with Gasteiger partial charge in [-0.3, -0.25) is 9.69 Å². The molecular weight excluding hydrogens is 254 g/mol. The number of ether oxygens (including phenoxy) is 1. The number of benzene rings is 1. The van der Waals surface area contributed by atoms with Crippen molar-refractivity contribution in [2.75, 3.05) is 19.7 Å². The van der Waals surface area contributed by atoms with E-state index >= 15 is 0 Å². The number of hydrogen-bond donors (Lipinski definition) is 1. The number of hydrogen-bond acceptors (Lipinski definition) is 3. The zero-order valence-corrected chi connectivity index (χ0v) is 12.4. The number of carboxylic acid groups (broad SMARTS) is 1. The molecule has 1 fully saturated rings. The molecule has 0 radical (unpaired) electrons. The molecule has 1 heterocycles. The molecule has 2 unspecified atom stereocenters. The molecule has 0 aromatic heterocycles. The van der Waals surface area contributed by atoms with Crippen LogP contribution in [0.5, 0.6) is 0 Å². The van der Waals surface area contributed by atoms with Gasteiger partial charge >= 0.3 is 5.97 Å². The van der Waals surface area contributed by atoms with Crippen molar-refractivity contribution in [1.29, 1.82) is 0 Å². The van der Waals surface area contributed by atoms with Gasteiger partial charge in [-0.1, -0.05) is 29.3 Å². The molecule has 20 heavy (non-hydrogen) atoms. The van der Waals surface area contributed by atoms with Gasteiger partial charge < -0.3 is 9.84 Å². The monoisotopic (exact) mass is 277 g/mol. The number of carbonyl (C=O) groups is 1. The summed E-state index contributed by atoms with van der Waals surface area (Å²) in [4.78, 5) is 13.1. The summed E-state index contributed by atoms with van der Waals surface area (Å²) in [5.74, 6) is -0.795. The first kappa shape index (κ1) is 15.0. The van der Waals surface area contributed by atoms with Gasteiger partial charge in [-0.25, -0.2) is 0 Å². The van der Waals surface area contributed by atoms with Gasteiger partial charge in [0, 0.05) is 19.1 Å². The van der Waals surface area contributed by atoms with E-state index < -0.39 is 5.97 Å². The highest BCUT2D eigenvalue weighted by atomic mass is 16.5. The van der Waals surface area contributed by atoms with E-state index in [1.165, 1.54) is 16.7 Å². The standard InChI is InChI=1S/C16H23NO3/c1-11-6-12(2)8-14(7-11)13(3)17-4-5-20-15(10-17)9-16(18)19/h6-8,13,15H,4-5,9-10H2,1-3H3,(H,18,19). The van der Waals surface area contributed by atoms with Crippen LogP contribution in [0, 0.1) is 13.8 Å². The van der Waals surface area contributed by atoms with E-state index in [2.05, 4.69) is 43.9 Å². The van der Waals surface area contributed by atoms with Crippen molar-refractivity contribution >= 4 is 5.97 Å². The third-order valence-corrected chi connectivity index (χ3v) is 3.85. The highest BCUT2D eigenvalue weighted by Crippen LogP contribution is 2.25. The van der Waals surface area contributed by atoms with E-state index in [-0.39, 0.29) is 18.6 Å². The summed E-state index contributed by atoms with van der Waals surface area (Å²) in [6.45, 7) is 8.53. The Balaban J connectivity index is 2.07. The molecule has 0 bridgehead atoms. The molecule has 1 aliphatic heterocycles. The second-order valence-electron chi connectivity index (χ2n) is 5.68. The van der Waals surface area contributed by atoms with Crippen molar-refractivity contribution in [3.63, 3.8) is 0 Å². The molecule has 4 nitrogen and oxygen atoms in total. The largest absolute Gasteiger partial charge is 0.481 e. The molecule has 110 valence electrons. The lowest BCUT2D eigenvalue weighted by molar-refractivity contribution is -0.142. The van der Waals surface area contributed by atoms with Gasteiger partial charge in [0.1, 0.15) is 0 Å². The molecule has 1 N–H and O–H groups in total. The van der Waals surface area contributed by atoms with Crippen LogP contribution in [0.1, 0.15) is 36.1 Å². The van der Waals surface area contributed by atoms with Gasteiger partial charge in [0.2, 0.25) is 0 Å². The molecule has 2 rings (SSSR count). The third kappa shape index (κ3) is 3.81. The fourth-order valence-corrected chi connectivity index (χ4v) is 2.87. The summed E-state index contributed by atoms with van der Waals surface area (Å²) in [6.07, 6.45) is -0.120. The average molecular weight is 277 g/mol. The number of rotatable bonds is 4. The Kier molecular flexibility index (Phi) is 4.78. The van der Waals surface area contributed by atoms with Crippen LogP contribution in [0.25, 0.3) is 0 Å². The third-order valence-electron chi connectivity index (χ3n) is 3.85. The summed E-state index contributed by atoms with van der Waals surface area (Å²) in [5.41, 5.74) is 3.82. The van der Waals surface area contributed by atoms with Gasteiger partial charge in [-0.2, -0.15) is 0 Å². The van der Waals surface area contributed by atoms with Crippen LogP contribution >= 0.6 is 0 Å². The maximum atomic E-state index is 10.8. The maximum Gasteiger partial charge on any atom is 0.306 e. The molecule has 2 atom stereocenters. The quantitative estimate of drug-likeness (QED) is 0.919. The van der Waals surface area contributed by atoms with Crippen molar-refractivity contribution in [2.45, 2.75) is 39.3 Å². The molecule has 1 aromatic carbocycles. The summed E-state index contributed by atoms with van der Waals surface area (Å²) in [5, 5.41) is 8.88. The Morgan fingerprint density at radius 2 is 2.05 bits per heavy atom. The minimum Gasteiger partial charge on any atom is -0.481 e. The minimum absolute atomic E-state index is 0.0794. The molecule has 0 aliphatic carbocycles. The normalized spacial score (nSPS) is 21.6. The molecule has 0 amide bonds. The van der Waals surface area contributed by atoms with Crippen LogP contribution in [0.3, 0.4) is 0 Å². The second-order valence-corrected chi connectivity index (χ2v) is 5.68. The molecule has 1 aliphatic rings. The average Bonchev–Trinajstić information content (AvgIpc) is 2.36. The van der Waals surface area contributed by atoms with Crippen molar-refractivity contribution in [3.05, 3.63) is 34.9 Å². The summed E-state index contributed by atoms with van der Waals surface area (Å²) in [6, 6.07) is 6.87. The Hall–Kier alpha value is -1.39. The lowest BCUT2D eigenvalue weighted by Gasteiger charge is -2.36. The van der Waals surface area contributed by atoms with Gasteiger partial charge in [0.25, 0.3) is 0 Å². The van der Waals surface area contributed by atoms with Gasteiger partial charge in [0.15, 0.2) is 0 Å². The fraction of sp³-hybridized carbons (Fsp3) is 0.562. The van der Waals surface area contributed by atoms with Crippen LogP contribution in [0.2, 0.25) is 0 Å². The Morgan fingerprint density at radius 3 is 2.65 bits per heavy atom. The van der Waals surface area contributed by atoms with Gasteiger partial charge in [0.05, 0.1) is 19.1 Å². The van der Waals surface area contributed by atoms with Crippen molar-refractivity contribution in [2.24, 2.45) is 0 Å². The van der Waals surface area contributed by atoms with Gasteiger partial charge in [-0.15, -0.1) is 0 Å². The van der Waals surface area contributed by atoms with Crippen LogP contribution in [0.4, 0.5) is 0 Å². The van der Waals surface area contributed by atoms with E-state index in [0.29, 0.717) is 13.2 Å². The van der Waals surface area contributed by atoms with E-state index in [9.17, 15) is 4.79 Å². The van der Waals surface area contributed by atoms with Crippen molar-refractivity contribution < 1.29 is 14.6 Å². The smallest absolute Gasteiger partial charge is 0.306 e. The molecule has 0 saturated carbocycles. The number of aryl methyl sites for hydroxylation is 2. The van der Waals surface area contributed by atoms with E-state index in [1.54, 1.807) is 0 Å². The zero-order chi connectivity index (χ0) is 14.7. The first-order valence-electron chi connectivity index (χ1n) is 7.11. The van der Waals surface area contributed by atoms with Crippen molar-refractivity contribution in [1.82, 2.24) is 4.90 Å².